The zero-order chi connectivity index (χ0) is 33.1. The molecule has 2 atom stereocenters. The smallest absolute Gasteiger partial charge is 0.0450 e. The molecule has 4 nitrogen and oxygen atoms in total. The molecule has 0 aliphatic carbocycles. The Kier molecular flexibility index (Phi) is 13.7. The van der Waals surface area contributed by atoms with E-state index in [4.69, 9.17) is 0 Å². The maximum Gasteiger partial charge on any atom is 0.0450 e. The van der Waals surface area contributed by atoms with Crippen LogP contribution in [0, 0.1) is 0 Å². The topological polar surface area (TPSA) is 13.0 Å². The molecule has 0 fully saturated rings. The van der Waals surface area contributed by atoms with Gasteiger partial charge in [0.25, 0.3) is 0 Å². The Morgan fingerprint density at radius 2 is 0.978 bits per heavy atom. The SMILES string of the molecule is CCN1C(C)=CC(/C=C/c2ccc(N(C)CCSSCCN(C)c3ccc(/C=C/C4=CC(C)N(CC)C(C)=C4)cc3)cc2)=CC1C. The van der Waals surface area contributed by atoms with Gasteiger partial charge in [0.15, 0.2) is 0 Å². The standard InChI is InChI=1S/C40H54N4S2/c1-9-43-31(3)27-37(28-32(43)4)13-11-35-15-19-39(20-16-35)41(7)23-25-45-46-26-24-42(8)40-21-17-36(18-22-40)12-14-38-29-33(5)44(10-2)34(6)30-38/h11-22,27-31,33H,9-10,23-26H2,1-8H3/b13-11+,14-12+. The Bertz CT molecular complexity index is 1340. The van der Waals surface area contributed by atoms with E-state index in [1.54, 1.807) is 0 Å². The van der Waals surface area contributed by atoms with Crippen LogP contribution in [0.2, 0.25) is 0 Å². The Morgan fingerprint density at radius 1 is 0.609 bits per heavy atom. The van der Waals surface area contributed by atoms with Gasteiger partial charge in [-0.1, -0.05) is 82.3 Å². The number of hydrogen-bond donors (Lipinski definition) is 0. The first kappa shape index (κ1) is 35.6. The van der Waals surface area contributed by atoms with Crippen LogP contribution in [0.15, 0.2) is 108 Å². The van der Waals surface area contributed by atoms with E-state index in [9.17, 15) is 0 Å². The van der Waals surface area contributed by atoms with Gasteiger partial charge in [-0.3, -0.25) is 0 Å². The largest absolute Gasteiger partial charge is 0.374 e. The summed E-state index contributed by atoms with van der Waals surface area (Å²) in [4.78, 5) is 9.54. The molecule has 0 spiro atoms. The summed E-state index contributed by atoms with van der Waals surface area (Å²) in [5.74, 6) is 2.20. The highest BCUT2D eigenvalue weighted by atomic mass is 33.1. The van der Waals surface area contributed by atoms with Crippen LogP contribution in [0.4, 0.5) is 11.4 Å². The molecule has 2 aromatic carbocycles. The first-order valence-corrected chi connectivity index (χ1v) is 19.2. The number of nitrogens with zero attached hydrogens (tertiary/aromatic N) is 4. The van der Waals surface area contributed by atoms with Gasteiger partial charge in [-0.2, -0.15) is 0 Å². The Balaban J connectivity index is 1.13. The van der Waals surface area contributed by atoms with Crippen molar-refractivity contribution in [3.8, 4) is 0 Å². The molecule has 2 aromatic rings. The van der Waals surface area contributed by atoms with Crippen molar-refractivity contribution >= 4 is 45.1 Å². The monoisotopic (exact) mass is 654 g/mol. The molecular formula is C40H54N4S2. The highest BCUT2D eigenvalue weighted by molar-refractivity contribution is 8.76. The molecule has 2 aliphatic heterocycles. The van der Waals surface area contributed by atoms with Gasteiger partial charge in [0.2, 0.25) is 0 Å². The predicted molar refractivity (Wildman–Crippen MR) is 210 cm³/mol. The Labute approximate surface area is 287 Å². The molecular weight excluding hydrogens is 601 g/mol. The van der Waals surface area contributed by atoms with Gasteiger partial charge in [0.05, 0.1) is 0 Å². The molecule has 0 saturated heterocycles. The molecule has 0 bridgehead atoms. The minimum atomic E-state index is 0.442. The summed E-state index contributed by atoms with van der Waals surface area (Å²) < 4.78 is 0. The van der Waals surface area contributed by atoms with Gasteiger partial charge in [-0.25, -0.2) is 0 Å². The average molecular weight is 655 g/mol. The number of rotatable bonds is 15. The minimum Gasteiger partial charge on any atom is -0.374 e. The zero-order valence-electron chi connectivity index (χ0n) is 29.2. The lowest BCUT2D eigenvalue weighted by atomic mass is 10.0. The van der Waals surface area contributed by atoms with Crippen molar-refractivity contribution in [1.29, 1.82) is 0 Å². The van der Waals surface area contributed by atoms with Crippen LogP contribution >= 0.6 is 21.6 Å². The van der Waals surface area contributed by atoms with Crippen molar-refractivity contribution in [3.05, 3.63) is 119 Å². The van der Waals surface area contributed by atoms with Crippen molar-refractivity contribution in [2.24, 2.45) is 0 Å². The second-order valence-corrected chi connectivity index (χ2v) is 15.0. The van der Waals surface area contributed by atoms with E-state index in [1.807, 2.05) is 21.6 Å². The highest BCUT2D eigenvalue weighted by Crippen LogP contribution is 2.25. The molecule has 46 heavy (non-hydrogen) atoms. The van der Waals surface area contributed by atoms with Crippen molar-refractivity contribution in [2.45, 2.75) is 53.6 Å². The Hall–Kier alpha value is -3.22. The minimum absolute atomic E-state index is 0.442. The second kappa shape index (κ2) is 17.6. The maximum atomic E-state index is 2.42. The van der Waals surface area contributed by atoms with Crippen molar-refractivity contribution < 1.29 is 0 Å². The molecule has 6 heteroatoms. The maximum absolute atomic E-state index is 2.42. The van der Waals surface area contributed by atoms with Gasteiger partial charge in [0, 0.05) is 86.6 Å². The van der Waals surface area contributed by atoms with Gasteiger partial charge in [-0.05, 0) is 100 Å². The lowest BCUT2D eigenvalue weighted by Crippen LogP contribution is -2.32. The first-order chi connectivity index (χ1) is 22.2. The quantitative estimate of drug-likeness (QED) is 0.139. The van der Waals surface area contributed by atoms with Crippen LogP contribution in [0.3, 0.4) is 0 Å². The van der Waals surface area contributed by atoms with Gasteiger partial charge >= 0.3 is 0 Å². The Morgan fingerprint density at radius 3 is 1.30 bits per heavy atom. The van der Waals surface area contributed by atoms with Gasteiger partial charge in [-0.15, -0.1) is 0 Å². The van der Waals surface area contributed by atoms with Crippen LogP contribution in [0.25, 0.3) is 12.2 Å². The number of allylic oxidation sites excluding steroid dienone is 8. The van der Waals surface area contributed by atoms with Gasteiger partial charge < -0.3 is 19.6 Å². The lowest BCUT2D eigenvalue weighted by Gasteiger charge is -2.32. The number of anilines is 2. The van der Waals surface area contributed by atoms with Crippen molar-refractivity contribution in [2.75, 3.05) is 61.6 Å². The van der Waals surface area contributed by atoms with E-state index < -0.39 is 0 Å². The fourth-order valence-corrected chi connectivity index (χ4v) is 8.28. The van der Waals surface area contributed by atoms with E-state index >= 15 is 0 Å². The fraction of sp³-hybridized carbons (Fsp3) is 0.400. The zero-order valence-corrected chi connectivity index (χ0v) is 30.9. The third-order valence-electron chi connectivity index (χ3n) is 8.90. The molecule has 246 valence electrons. The van der Waals surface area contributed by atoms with E-state index in [-0.39, 0.29) is 0 Å². The van der Waals surface area contributed by atoms with E-state index in [0.717, 1.165) is 37.7 Å². The highest BCUT2D eigenvalue weighted by Gasteiger charge is 2.15. The number of benzene rings is 2. The molecule has 0 amide bonds. The summed E-state index contributed by atoms with van der Waals surface area (Å²) in [6.45, 7) is 17.5. The summed E-state index contributed by atoms with van der Waals surface area (Å²) in [6, 6.07) is 18.7. The second-order valence-electron chi connectivity index (χ2n) is 12.3. The van der Waals surface area contributed by atoms with E-state index in [0.29, 0.717) is 12.1 Å². The summed E-state index contributed by atoms with van der Waals surface area (Å²) in [5, 5.41) is 0. The molecule has 0 radical (unpaired) electrons. The first-order valence-electron chi connectivity index (χ1n) is 16.7. The third-order valence-corrected chi connectivity index (χ3v) is 11.3. The van der Waals surface area contributed by atoms with Crippen LogP contribution in [0.5, 0.6) is 0 Å². The lowest BCUT2D eigenvalue weighted by molar-refractivity contribution is 0.318. The van der Waals surface area contributed by atoms with Crippen molar-refractivity contribution in [1.82, 2.24) is 9.80 Å². The molecule has 2 aliphatic rings. The summed E-state index contributed by atoms with van der Waals surface area (Å²) in [5.41, 5.74) is 10.3. The third kappa shape index (κ3) is 10.1. The average Bonchev–Trinajstić information content (AvgIpc) is 3.04. The van der Waals surface area contributed by atoms with Crippen LogP contribution in [-0.4, -0.2) is 73.7 Å². The fourth-order valence-electron chi connectivity index (χ4n) is 6.20. The van der Waals surface area contributed by atoms with Crippen molar-refractivity contribution in [3.63, 3.8) is 0 Å². The van der Waals surface area contributed by atoms with Gasteiger partial charge in [0.1, 0.15) is 0 Å². The molecule has 2 heterocycles. The normalized spacial score (nSPS) is 18.5. The molecule has 0 saturated carbocycles. The molecule has 0 N–H and O–H groups in total. The number of hydrogen-bond acceptors (Lipinski definition) is 6. The number of likely N-dealkylation sites (N-methyl/N-ethyl adjacent to an activating group) is 2. The predicted octanol–water partition coefficient (Wildman–Crippen LogP) is 9.78. The van der Waals surface area contributed by atoms with Crippen LogP contribution in [-0.2, 0) is 0 Å². The van der Waals surface area contributed by atoms with Crippen LogP contribution < -0.4 is 9.80 Å². The summed E-state index contributed by atoms with van der Waals surface area (Å²) in [6.07, 6.45) is 18.2. The van der Waals surface area contributed by atoms with E-state index in [1.165, 1.54) is 45.0 Å². The summed E-state index contributed by atoms with van der Waals surface area (Å²) in [7, 11) is 8.31. The molecule has 0 aromatic heterocycles. The van der Waals surface area contributed by atoms with E-state index in [2.05, 4.69) is 172 Å². The van der Waals surface area contributed by atoms with Crippen LogP contribution in [0.1, 0.15) is 52.7 Å². The molecule has 2 unspecified atom stereocenters. The molecule has 4 rings (SSSR count). The summed E-state index contributed by atoms with van der Waals surface area (Å²) >= 11 is 0.